The van der Waals surface area contributed by atoms with Gasteiger partial charge in [0.15, 0.2) is 5.78 Å². The summed E-state index contributed by atoms with van der Waals surface area (Å²) in [6, 6.07) is 3.46. The second-order valence-corrected chi connectivity index (χ2v) is 10.7. The minimum atomic E-state index is -4.88. The van der Waals surface area contributed by atoms with Crippen molar-refractivity contribution in [3.63, 3.8) is 0 Å². The third-order valence-electron chi connectivity index (χ3n) is 4.17. The van der Waals surface area contributed by atoms with E-state index in [-0.39, 0.29) is 35.1 Å². The van der Waals surface area contributed by atoms with Crippen LogP contribution in [0.5, 0.6) is 0 Å². The predicted octanol–water partition coefficient (Wildman–Crippen LogP) is 3.50. The maximum atomic E-state index is 13.4. The molecule has 0 N–H and O–H groups in total. The van der Waals surface area contributed by atoms with Crippen LogP contribution < -0.4 is 0 Å². The van der Waals surface area contributed by atoms with E-state index in [0.29, 0.717) is 6.08 Å². The van der Waals surface area contributed by atoms with Crippen molar-refractivity contribution in [1.29, 1.82) is 0 Å². The number of halogens is 2. The first-order valence-corrected chi connectivity index (χ1v) is 12.1. The molecular formula is C22H22Cl2O8S. The molecule has 1 aromatic rings. The van der Waals surface area contributed by atoms with Crippen molar-refractivity contribution in [2.75, 3.05) is 13.2 Å². The maximum Gasteiger partial charge on any atom is 0.343 e. The van der Waals surface area contributed by atoms with E-state index >= 15 is 0 Å². The third-order valence-corrected chi connectivity index (χ3v) is 6.69. The molecule has 1 aliphatic carbocycles. The lowest BCUT2D eigenvalue weighted by Crippen LogP contribution is -2.33. The first kappa shape index (κ1) is 26.8. The number of hydrogen-bond donors (Lipinski definition) is 0. The van der Waals surface area contributed by atoms with E-state index in [9.17, 15) is 27.6 Å². The highest BCUT2D eigenvalue weighted by Gasteiger charge is 2.44. The molecule has 0 spiro atoms. The molecule has 0 bridgehead atoms. The number of rotatable bonds is 8. The fraction of sp³-hybridized carbons (Fsp3) is 0.364. The van der Waals surface area contributed by atoms with Crippen LogP contribution in [0.4, 0.5) is 0 Å². The van der Waals surface area contributed by atoms with Crippen LogP contribution in [0.3, 0.4) is 0 Å². The minimum Gasteiger partial charge on any atom is -0.462 e. The summed E-state index contributed by atoms with van der Waals surface area (Å²) in [6.07, 6.45) is 0.579. The molecule has 0 saturated heterocycles. The fourth-order valence-corrected chi connectivity index (χ4v) is 4.94. The molecule has 0 atom stereocenters. The summed E-state index contributed by atoms with van der Waals surface area (Å²) in [5.41, 5.74) is -1.84. The van der Waals surface area contributed by atoms with Crippen molar-refractivity contribution in [2.45, 2.75) is 32.6 Å². The number of hydrogen-bond acceptors (Lipinski definition) is 8. The molecule has 0 unspecified atom stereocenters. The van der Waals surface area contributed by atoms with Gasteiger partial charge in [0.05, 0.1) is 23.1 Å². The van der Waals surface area contributed by atoms with Crippen LogP contribution >= 0.6 is 23.2 Å². The van der Waals surface area contributed by atoms with E-state index in [4.69, 9.17) is 32.7 Å². The normalized spacial score (nSPS) is 14.6. The van der Waals surface area contributed by atoms with Crippen molar-refractivity contribution in [1.82, 2.24) is 0 Å². The second kappa shape index (κ2) is 10.6. The van der Waals surface area contributed by atoms with Crippen molar-refractivity contribution in [3.05, 3.63) is 50.4 Å². The average Bonchev–Trinajstić information content (AvgIpc) is 2.72. The molecule has 0 aromatic heterocycles. The van der Waals surface area contributed by atoms with Gasteiger partial charge in [-0.15, -0.1) is 0 Å². The molecule has 178 valence electrons. The molecule has 0 radical (unpaired) electrons. The topological polar surface area (TPSA) is 121 Å². The molecule has 0 saturated carbocycles. The van der Waals surface area contributed by atoms with Crippen LogP contribution in [-0.2, 0) is 38.5 Å². The Hall–Kier alpha value is -2.49. The summed E-state index contributed by atoms with van der Waals surface area (Å²) >= 11 is 11.9. The highest BCUT2D eigenvalue weighted by Crippen LogP contribution is 2.35. The van der Waals surface area contributed by atoms with Crippen molar-refractivity contribution >= 4 is 56.5 Å². The Morgan fingerprint density at radius 1 is 0.939 bits per heavy atom. The monoisotopic (exact) mass is 516 g/mol. The predicted molar refractivity (Wildman–Crippen MR) is 120 cm³/mol. The molecule has 0 fully saturated rings. The smallest absolute Gasteiger partial charge is 0.343 e. The molecule has 33 heavy (non-hydrogen) atoms. The number of sulfone groups is 1. The largest absolute Gasteiger partial charge is 0.462 e. The molecule has 0 heterocycles. The summed E-state index contributed by atoms with van der Waals surface area (Å²) in [5, 5.41) is -0.329. The summed E-state index contributed by atoms with van der Waals surface area (Å²) in [5.74, 6) is -5.29. The number of carbonyl (C=O) groups is 4. The van der Waals surface area contributed by atoms with Crippen molar-refractivity contribution < 1.29 is 37.1 Å². The molecule has 1 aromatic carbocycles. The zero-order valence-electron chi connectivity index (χ0n) is 18.3. The average molecular weight is 517 g/mol. The molecule has 0 amide bonds. The first-order chi connectivity index (χ1) is 15.3. The van der Waals surface area contributed by atoms with Crippen molar-refractivity contribution in [3.8, 4) is 0 Å². The fourth-order valence-electron chi connectivity index (χ4n) is 2.65. The van der Waals surface area contributed by atoms with E-state index < -0.39 is 54.3 Å². The van der Waals surface area contributed by atoms with E-state index in [0.717, 1.165) is 6.07 Å². The van der Waals surface area contributed by atoms with E-state index in [1.54, 1.807) is 27.7 Å². The highest BCUT2D eigenvalue weighted by molar-refractivity contribution is 7.96. The quantitative estimate of drug-likeness (QED) is 0.292. The van der Waals surface area contributed by atoms with Crippen LogP contribution in [0.2, 0.25) is 10.0 Å². The zero-order chi connectivity index (χ0) is 25.1. The highest BCUT2D eigenvalue weighted by atomic mass is 35.5. The van der Waals surface area contributed by atoms with E-state index in [2.05, 4.69) is 0 Å². The molecule has 1 aliphatic rings. The standard InChI is InChI=1S/C22H22Cl2O8S/c1-11(2)9-31-21(27)14-8-16(25)18(22(28)32-10-12(3)4)20(19(14)26)33(29,30)17-7-13(23)5-6-15(17)24/h5-8,11-12H,9-10H2,1-4H3. The number of allylic oxidation sites excluding steroid dienone is 2. The first-order valence-electron chi connectivity index (χ1n) is 9.86. The Bertz CT molecular complexity index is 1180. The molecule has 0 aliphatic heterocycles. The number of esters is 2. The second-order valence-electron chi connectivity index (χ2n) is 8.02. The van der Waals surface area contributed by atoms with Crippen LogP contribution in [0.1, 0.15) is 27.7 Å². The Morgan fingerprint density at radius 3 is 2.03 bits per heavy atom. The van der Waals surface area contributed by atoms with Gasteiger partial charge in [0.1, 0.15) is 16.1 Å². The third kappa shape index (κ3) is 6.10. The Morgan fingerprint density at radius 2 is 1.48 bits per heavy atom. The maximum absolute atomic E-state index is 13.4. The van der Waals surface area contributed by atoms with Gasteiger partial charge >= 0.3 is 11.9 Å². The van der Waals surface area contributed by atoms with Crippen LogP contribution in [-0.4, -0.2) is 45.1 Å². The lowest BCUT2D eigenvalue weighted by molar-refractivity contribution is -0.143. The number of ether oxygens (including phenoxy) is 2. The van der Waals surface area contributed by atoms with Gasteiger partial charge in [-0.3, -0.25) is 9.59 Å². The molecule has 8 nitrogen and oxygen atoms in total. The summed E-state index contributed by atoms with van der Waals surface area (Å²) in [4.78, 5) is 49.3. The summed E-state index contributed by atoms with van der Waals surface area (Å²) in [6.45, 7) is 6.72. The Balaban J connectivity index is 2.70. The zero-order valence-corrected chi connectivity index (χ0v) is 20.6. The summed E-state index contributed by atoms with van der Waals surface area (Å²) in [7, 11) is -4.88. The van der Waals surface area contributed by atoms with Gasteiger partial charge < -0.3 is 9.47 Å². The van der Waals surface area contributed by atoms with Gasteiger partial charge in [-0.2, -0.15) is 0 Å². The van der Waals surface area contributed by atoms with Gasteiger partial charge in [0, 0.05) is 11.1 Å². The van der Waals surface area contributed by atoms with Gasteiger partial charge in [-0.05, 0) is 30.0 Å². The van der Waals surface area contributed by atoms with Crippen molar-refractivity contribution in [2.24, 2.45) is 11.8 Å². The lowest BCUT2D eigenvalue weighted by Gasteiger charge is -2.19. The van der Waals surface area contributed by atoms with Gasteiger partial charge in [0.25, 0.3) is 0 Å². The Kier molecular flexibility index (Phi) is 8.62. The van der Waals surface area contributed by atoms with E-state index in [1.807, 2.05) is 0 Å². The van der Waals surface area contributed by atoms with Crippen LogP contribution in [0.15, 0.2) is 45.2 Å². The van der Waals surface area contributed by atoms with Crippen LogP contribution in [0.25, 0.3) is 0 Å². The number of carbonyl (C=O) groups excluding carboxylic acids is 4. The SMILES string of the molecule is CC(C)COC(=O)C1=CC(=O)C(C(=O)OCC(C)C)=C(S(=O)(=O)c2cc(Cl)ccc2Cl)C1=O. The van der Waals surface area contributed by atoms with E-state index in [1.165, 1.54) is 12.1 Å². The Labute approximate surface area is 201 Å². The number of Topliss-reactive ketones (excluding diaryl/α,β-unsaturated/α-hetero) is 1. The molecular weight excluding hydrogens is 495 g/mol. The molecule has 2 rings (SSSR count). The summed E-state index contributed by atoms with van der Waals surface area (Å²) < 4.78 is 36.9. The molecule has 11 heteroatoms. The van der Waals surface area contributed by atoms with Gasteiger partial charge in [-0.1, -0.05) is 50.9 Å². The number of ketones is 2. The van der Waals surface area contributed by atoms with Gasteiger partial charge in [0.2, 0.25) is 15.6 Å². The number of benzene rings is 1. The minimum absolute atomic E-state index is 0.0239. The lowest BCUT2D eigenvalue weighted by atomic mass is 9.96. The van der Waals surface area contributed by atoms with Gasteiger partial charge in [-0.25, -0.2) is 18.0 Å². The van der Waals surface area contributed by atoms with Crippen LogP contribution in [0, 0.1) is 11.8 Å².